The van der Waals surface area contributed by atoms with Crippen molar-refractivity contribution >= 4 is 23.5 Å². The lowest BCUT2D eigenvalue weighted by Crippen LogP contribution is -2.44. The van der Waals surface area contributed by atoms with Gasteiger partial charge in [-0.05, 0) is 68.9 Å². The summed E-state index contributed by atoms with van der Waals surface area (Å²) in [5.41, 5.74) is 0.197. The summed E-state index contributed by atoms with van der Waals surface area (Å²) >= 11 is 5.90. The number of amides is 1. The molecule has 14 heteroatoms. The highest BCUT2D eigenvalue weighted by Gasteiger charge is 2.44. The molecule has 0 N–H and O–H groups in total. The third kappa shape index (κ3) is 6.33. The van der Waals surface area contributed by atoms with Crippen LogP contribution in [0.2, 0.25) is 5.02 Å². The SMILES string of the molecule is CC1c2nnc(C(F)(F)F)n2C(C)CN1C(=O)Cc1ccc(OCC[C@@H]2CC2C2CCN(c3ncc(Cl)cn3)CC2)cc1F. The molecule has 3 unspecified atom stereocenters. The van der Waals surface area contributed by atoms with Crippen LogP contribution in [0, 0.1) is 23.6 Å². The van der Waals surface area contributed by atoms with E-state index in [4.69, 9.17) is 16.3 Å². The zero-order chi connectivity index (χ0) is 31.2. The van der Waals surface area contributed by atoms with Gasteiger partial charge >= 0.3 is 6.18 Å². The minimum absolute atomic E-state index is 0.0367. The Labute approximate surface area is 257 Å². The molecule has 3 aromatic rings. The van der Waals surface area contributed by atoms with Crippen LogP contribution in [0.25, 0.3) is 0 Å². The molecule has 0 bridgehead atoms. The monoisotopic (exact) mass is 635 g/mol. The van der Waals surface area contributed by atoms with Crippen molar-refractivity contribution in [3.63, 3.8) is 0 Å². The molecule has 44 heavy (non-hydrogen) atoms. The summed E-state index contributed by atoms with van der Waals surface area (Å²) in [4.78, 5) is 25.4. The number of carbonyl (C=O) groups excluding carboxylic acids is 1. The van der Waals surface area contributed by atoms with E-state index >= 15 is 0 Å². The minimum atomic E-state index is -4.65. The third-order valence-corrected chi connectivity index (χ3v) is 9.37. The van der Waals surface area contributed by atoms with Crippen molar-refractivity contribution in [3.8, 4) is 5.75 Å². The van der Waals surface area contributed by atoms with Crippen LogP contribution in [-0.4, -0.2) is 61.8 Å². The molecule has 4 heterocycles. The number of hydrogen-bond acceptors (Lipinski definition) is 7. The fourth-order valence-electron chi connectivity index (χ4n) is 6.73. The Morgan fingerprint density at radius 2 is 1.84 bits per heavy atom. The summed E-state index contributed by atoms with van der Waals surface area (Å²) in [5, 5.41) is 7.56. The Morgan fingerprint density at radius 3 is 2.52 bits per heavy atom. The second-order valence-electron chi connectivity index (χ2n) is 12.1. The Kier molecular flexibility index (Phi) is 8.42. The second kappa shape index (κ2) is 12.1. The van der Waals surface area contributed by atoms with Gasteiger partial charge in [0, 0.05) is 25.7 Å². The Balaban J connectivity index is 0.961. The van der Waals surface area contributed by atoms with Gasteiger partial charge in [0.05, 0.1) is 42.5 Å². The van der Waals surface area contributed by atoms with Crippen molar-refractivity contribution in [2.24, 2.45) is 17.8 Å². The molecule has 2 aromatic heterocycles. The quantitative estimate of drug-likeness (QED) is 0.285. The number of aromatic nitrogens is 5. The molecular formula is C30H34ClF4N7O2. The van der Waals surface area contributed by atoms with Crippen molar-refractivity contribution in [1.82, 2.24) is 29.6 Å². The van der Waals surface area contributed by atoms with Crippen molar-refractivity contribution in [2.45, 2.75) is 64.2 Å². The van der Waals surface area contributed by atoms with Crippen LogP contribution in [0.1, 0.15) is 68.8 Å². The number of halogens is 5. The van der Waals surface area contributed by atoms with Crippen molar-refractivity contribution in [2.75, 3.05) is 31.1 Å². The van der Waals surface area contributed by atoms with Crippen molar-refractivity contribution < 1.29 is 27.1 Å². The summed E-state index contributed by atoms with van der Waals surface area (Å²) in [6, 6.07) is 3.06. The van der Waals surface area contributed by atoms with Crippen LogP contribution in [-0.2, 0) is 17.4 Å². The molecule has 9 nitrogen and oxygen atoms in total. The van der Waals surface area contributed by atoms with Crippen LogP contribution >= 0.6 is 11.6 Å². The van der Waals surface area contributed by atoms with E-state index in [1.54, 1.807) is 32.3 Å². The first kappa shape index (κ1) is 30.5. The highest BCUT2D eigenvalue weighted by atomic mass is 35.5. The van der Waals surface area contributed by atoms with Crippen LogP contribution < -0.4 is 9.64 Å². The van der Waals surface area contributed by atoms with E-state index < -0.39 is 35.8 Å². The first-order valence-electron chi connectivity index (χ1n) is 14.9. The van der Waals surface area contributed by atoms with E-state index in [1.165, 1.54) is 23.5 Å². The summed E-state index contributed by atoms with van der Waals surface area (Å²) in [6.07, 6.45) is 2.66. The van der Waals surface area contributed by atoms with E-state index in [-0.39, 0.29) is 24.4 Å². The maximum absolute atomic E-state index is 15.0. The number of alkyl halides is 3. The van der Waals surface area contributed by atoms with Gasteiger partial charge in [0.1, 0.15) is 11.6 Å². The van der Waals surface area contributed by atoms with Crippen LogP contribution in [0.4, 0.5) is 23.5 Å². The molecule has 1 saturated carbocycles. The Bertz CT molecular complexity index is 1490. The predicted molar refractivity (Wildman–Crippen MR) is 154 cm³/mol. The maximum Gasteiger partial charge on any atom is 0.451 e. The number of benzene rings is 1. The molecule has 1 saturated heterocycles. The van der Waals surface area contributed by atoms with Gasteiger partial charge in [-0.1, -0.05) is 17.7 Å². The average Bonchev–Trinajstić information content (AvgIpc) is 3.60. The topological polar surface area (TPSA) is 89.3 Å². The fourth-order valence-corrected chi connectivity index (χ4v) is 6.83. The molecule has 1 aromatic carbocycles. The number of ether oxygens (including phenoxy) is 1. The maximum atomic E-state index is 15.0. The lowest BCUT2D eigenvalue weighted by atomic mass is 9.90. The largest absolute Gasteiger partial charge is 0.493 e. The molecule has 236 valence electrons. The Morgan fingerprint density at radius 1 is 1.11 bits per heavy atom. The number of rotatable bonds is 8. The molecule has 0 spiro atoms. The van der Waals surface area contributed by atoms with Gasteiger partial charge in [0.25, 0.3) is 0 Å². The van der Waals surface area contributed by atoms with E-state index in [0.717, 1.165) is 42.9 Å². The normalized spacial score (nSPS) is 23.9. The first-order valence-corrected chi connectivity index (χ1v) is 15.3. The summed E-state index contributed by atoms with van der Waals surface area (Å²) in [6.45, 7) is 5.55. The van der Waals surface area contributed by atoms with Crippen molar-refractivity contribution in [1.29, 1.82) is 0 Å². The lowest BCUT2D eigenvalue weighted by Gasteiger charge is -2.37. The summed E-state index contributed by atoms with van der Waals surface area (Å²) in [7, 11) is 0. The van der Waals surface area contributed by atoms with E-state index in [1.807, 2.05) is 0 Å². The molecule has 2 aliphatic heterocycles. The number of hydrogen-bond donors (Lipinski definition) is 0. The number of anilines is 1. The summed E-state index contributed by atoms with van der Waals surface area (Å²) in [5.74, 6) is 1.11. The van der Waals surface area contributed by atoms with Gasteiger partial charge in [-0.15, -0.1) is 10.2 Å². The van der Waals surface area contributed by atoms with Crippen LogP contribution in [0.5, 0.6) is 5.75 Å². The van der Waals surface area contributed by atoms with E-state index in [9.17, 15) is 22.4 Å². The average molecular weight is 636 g/mol. The first-order chi connectivity index (χ1) is 21.0. The van der Waals surface area contributed by atoms with Crippen LogP contribution in [0.15, 0.2) is 30.6 Å². The third-order valence-electron chi connectivity index (χ3n) is 9.17. The van der Waals surface area contributed by atoms with Gasteiger partial charge in [-0.3, -0.25) is 4.79 Å². The number of piperidine rings is 1. The molecule has 1 amide bonds. The van der Waals surface area contributed by atoms with Gasteiger partial charge in [0.15, 0.2) is 5.82 Å². The zero-order valence-corrected chi connectivity index (χ0v) is 25.2. The summed E-state index contributed by atoms with van der Waals surface area (Å²) < 4.78 is 61.9. The molecule has 4 atom stereocenters. The second-order valence-corrected chi connectivity index (χ2v) is 12.5. The smallest absolute Gasteiger partial charge is 0.451 e. The molecular weight excluding hydrogens is 602 g/mol. The van der Waals surface area contributed by atoms with Crippen molar-refractivity contribution in [3.05, 3.63) is 58.6 Å². The minimum Gasteiger partial charge on any atom is -0.493 e. The number of nitrogens with zero attached hydrogens (tertiary/aromatic N) is 7. The zero-order valence-electron chi connectivity index (χ0n) is 24.5. The molecule has 1 aliphatic carbocycles. The van der Waals surface area contributed by atoms with E-state index in [2.05, 4.69) is 25.1 Å². The number of fused-ring (bicyclic) bond motifs is 1. The molecule has 0 radical (unpaired) electrons. The van der Waals surface area contributed by atoms with E-state index in [0.29, 0.717) is 35.1 Å². The standard InChI is InChI=1S/C30H34ClF4N7O2/c1-17-16-41(18(2)27-38-39-28(42(17)27)30(33,34)35)26(43)12-21-3-4-23(13-25(21)32)44-10-7-20-11-24(20)19-5-8-40(9-6-19)29-36-14-22(31)15-37-29/h3-4,13-15,17-20,24H,5-12,16H2,1-2H3/t17?,18?,20-,24?/m1/s1. The van der Waals surface area contributed by atoms with Gasteiger partial charge < -0.3 is 19.1 Å². The van der Waals surface area contributed by atoms with Gasteiger partial charge in [-0.2, -0.15) is 13.2 Å². The highest BCUT2D eigenvalue weighted by Crippen LogP contribution is 2.50. The van der Waals surface area contributed by atoms with Gasteiger partial charge in [0.2, 0.25) is 17.7 Å². The molecule has 2 fully saturated rings. The highest BCUT2D eigenvalue weighted by molar-refractivity contribution is 6.30. The fraction of sp³-hybridized carbons (Fsp3) is 0.567. The predicted octanol–water partition coefficient (Wildman–Crippen LogP) is 5.91. The molecule has 6 rings (SSSR count). The van der Waals surface area contributed by atoms with Crippen LogP contribution in [0.3, 0.4) is 0 Å². The lowest BCUT2D eigenvalue weighted by molar-refractivity contribution is -0.149. The Hall–Kier alpha value is -3.48. The number of carbonyl (C=O) groups is 1. The van der Waals surface area contributed by atoms with Gasteiger partial charge in [-0.25, -0.2) is 14.4 Å². The molecule has 3 aliphatic rings.